The van der Waals surface area contributed by atoms with Crippen LogP contribution in [0.25, 0.3) is 0 Å². The Morgan fingerprint density at radius 1 is 0.407 bits per heavy atom. The van der Waals surface area contributed by atoms with Gasteiger partial charge in [-0.1, -0.05) is 0 Å². The molecule has 5 aliphatic heterocycles. The molecule has 0 aromatic carbocycles. The third kappa shape index (κ3) is 10.2. The summed E-state index contributed by atoms with van der Waals surface area (Å²) in [5.41, 5.74) is 0. The van der Waals surface area contributed by atoms with Gasteiger partial charge in [0.2, 0.25) is 5.91 Å². The average molecular weight is 870 g/mol. The van der Waals surface area contributed by atoms with Crippen molar-refractivity contribution in [1.29, 1.82) is 0 Å². The molecule has 0 aliphatic carbocycles. The standard InChI is InChI=1S/C32H55NO26/c1-7(39)33-13-18(44)14(40)8(2-34)52-29(13)56-24-12(6-38)55-30(20(46)19(24)45)58-26-16(42)10(4-36)54-32(22(26)48)59-27-17(43)11(5-37)53-31(23(27)49)57-25-15(41)9(3-35)51-28(50)21(25)47/h8-32,34-38,40-50H,2-6H2,1H3,(H,33,39)/t8-,9-,10-,11-,12-,13-,14-,15-,16-,17-,18-,19-,20-,21-,22-,23-,24-,25+,26+,27+,28?,29+,30+,31+,32+/m1/s1. The summed E-state index contributed by atoms with van der Waals surface area (Å²) in [5.74, 6) is -0.708. The van der Waals surface area contributed by atoms with Crippen LogP contribution in [0.15, 0.2) is 0 Å². The molecule has 0 saturated carbocycles. The van der Waals surface area contributed by atoms with Crippen molar-refractivity contribution in [3.63, 3.8) is 0 Å². The normalized spacial score (nSPS) is 51.0. The zero-order valence-electron chi connectivity index (χ0n) is 31.2. The molecular formula is C32H55NO26. The molecule has 59 heavy (non-hydrogen) atoms. The van der Waals surface area contributed by atoms with Crippen LogP contribution in [0, 0.1) is 0 Å². The molecule has 25 atom stereocenters. The molecule has 1 unspecified atom stereocenters. The Hall–Kier alpha value is -1.53. The van der Waals surface area contributed by atoms with Crippen LogP contribution in [-0.2, 0) is 47.4 Å². The summed E-state index contributed by atoms with van der Waals surface area (Å²) in [5, 5.41) is 170. The van der Waals surface area contributed by atoms with E-state index in [0.29, 0.717) is 0 Å². The van der Waals surface area contributed by atoms with Crippen molar-refractivity contribution >= 4 is 5.91 Å². The van der Waals surface area contributed by atoms with Crippen LogP contribution in [0.5, 0.6) is 0 Å². The predicted octanol–water partition coefficient (Wildman–Crippen LogP) is -11.8. The summed E-state index contributed by atoms with van der Waals surface area (Å²) >= 11 is 0. The number of amides is 1. The van der Waals surface area contributed by atoms with E-state index in [4.69, 9.17) is 42.6 Å². The molecule has 5 aliphatic rings. The van der Waals surface area contributed by atoms with Crippen molar-refractivity contribution in [2.24, 2.45) is 0 Å². The molecule has 1 amide bonds. The Morgan fingerprint density at radius 3 is 1.20 bits per heavy atom. The molecule has 5 saturated heterocycles. The van der Waals surface area contributed by atoms with E-state index in [2.05, 4.69) is 5.32 Å². The SMILES string of the molecule is CC(=O)N[C@H]1[C@H](O[C@H]2[C@H](O)[C@@H](O)[C@H](O[C@@H]3[C@@H](O)[C@H](O[C@@H]4[C@@H](O)[C@H](O[C@H]5[C@H](O)[C@@H](CO)OC(O)[C@@H]5O)O[C@H](CO)[C@H]4O)O[C@H](CO)[C@H]3O)O[C@@H]2CO)O[C@H](CO)[C@@H](O)[C@@H]1O. The van der Waals surface area contributed by atoms with Crippen molar-refractivity contribution in [3.05, 3.63) is 0 Å². The molecule has 17 N–H and O–H groups in total. The van der Waals surface area contributed by atoms with Crippen molar-refractivity contribution in [3.8, 4) is 0 Å². The maximum Gasteiger partial charge on any atom is 0.217 e. The van der Waals surface area contributed by atoms with Gasteiger partial charge in [0.05, 0.1) is 33.0 Å². The summed E-state index contributed by atoms with van der Waals surface area (Å²) in [6, 6.07) is -1.50. The minimum Gasteiger partial charge on any atom is -0.394 e. The minimum absolute atomic E-state index is 0.708. The van der Waals surface area contributed by atoms with E-state index in [9.17, 15) is 86.5 Å². The molecule has 0 radical (unpaired) electrons. The Bertz CT molecular complexity index is 1320. The lowest BCUT2D eigenvalue weighted by molar-refractivity contribution is -0.393. The van der Waals surface area contributed by atoms with Crippen LogP contribution in [0.1, 0.15) is 6.92 Å². The number of aliphatic hydroxyl groups excluding tert-OH is 16. The largest absolute Gasteiger partial charge is 0.394 e. The predicted molar refractivity (Wildman–Crippen MR) is 178 cm³/mol. The fraction of sp³-hybridized carbons (Fsp3) is 0.969. The van der Waals surface area contributed by atoms with Gasteiger partial charge < -0.3 is 130 Å². The molecule has 5 heterocycles. The van der Waals surface area contributed by atoms with Crippen LogP contribution >= 0.6 is 0 Å². The lowest BCUT2D eigenvalue weighted by Crippen LogP contribution is -2.69. The molecule has 344 valence electrons. The minimum atomic E-state index is -2.17. The van der Waals surface area contributed by atoms with Gasteiger partial charge in [-0.2, -0.15) is 0 Å². The van der Waals surface area contributed by atoms with E-state index in [0.717, 1.165) is 6.92 Å². The van der Waals surface area contributed by atoms with Gasteiger partial charge in [-0.25, -0.2) is 0 Å². The highest BCUT2D eigenvalue weighted by atomic mass is 16.8. The number of aliphatic hydroxyl groups is 16. The molecular weight excluding hydrogens is 814 g/mol. The number of nitrogens with one attached hydrogen (secondary N) is 1. The maximum absolute atomic E-state index is 11.9. The first-order chi connectivity index (χ1) is 27.9. The molecule has 5 fully saturated rings. The molecule has 27 heteroatoms. The van der Waals surface area contributed by atoms with Crippen LogP contribution in [0.2, 0.25) is 0 Å². The van der Waals surface area contributed by atoms with Crippen LogP contribution < -0.4 is 5.32 Å². The van der Waals surface area contributed by atoms with Crippen molar-refractivity contribution in [2.45, 2.75) is 160 Å². The number of rotatable bonds is 14. The van der Waals surface area contributed by atoms with E-state index >= 15 is 0 Å². The molecule has 5 rings (SSSR count). The van der Waals surface area contributed by atoms with E-state index in [1.54, 1.807) is 0 Å². The van der Waals surface area contributed by atoms with Gasteiger partial charge in [0, 0.05) is 6.92 Å². The van der Waals surface area contributed by atoms with E-state index < -0.39 is 192 Å². The Kier molecular flexibility index (Phi) is 17.1. The van der Waals surface area contributed by atoms with Crippen LogP contribution in [-0.4, -0.2) is 274 Å². The second-order valence-electron chi connectivity index (χ2n) is 14.7. The summed E-state index contributed by atoms with van der Waals surface area (Å²) in [4.78, 5) is 11.9. The van der Waals surface area contributed by atoms with Gasteiger partial charge in [0.15, 0.2) is 31.5 Å². The number of hydrogen-bond donors (Lipinski definition) is 17. The highest BCUT2D eigenvalue weighted by molar-refractivity contribution is 5.73. The fourth-order valence-electron chi connectivity index (χ4n) is 7.42. The zero-order valence-corrected chi connectivity index (χ0v) is 31.2. The van der Waals surface area contributed by atoms with Gasteiger partial charge in [-0.15, -0.1) is 0 Å². The third-order valence-corrected chi connectivity index (χ3v) is 10.7. The van der Waals surface area contributed by atoms with Crippen LogP contribution in [0.3, 0.4) is 0 Å². The summed E-state index contributed by atoms with van der Waals surface area (Å²) < 4.78 is 49.6. The van der Waals surface area contributed by atoms with Gasteiger partial charge in [-0.3, -0.25) is 4.79 Å². The molecule has 27 nitrogen and oxygen atoms in total. The fourth-order valence-corrected chi connectivity index (χ4v) is 7.42. The van der Waals surface area contributed by atoms with Gasteiger partial charge in [0.25, 0.3) is 0 Å². The molecule has 0 spiro atoms. The second-order valence-corrected chi connectivity index (χ2v) is 14.7. The quantitative estimate of drug-likeness (QED) is 0.0770. The lowest BCUT2D eigenvalue weighted by Gasteiger charge is -2.49. The van der Waals surface area contributed by atoms with Crippen molar-refractivity contribution in [2.75, 3.05) is 33.0 Å². The number of ether oxygens (including phenoxy) is 9. The Balaban J connectivity index is 1.31. The molecule has 0 bridgehead atoms. The maximum atomic E-state index is 11.9. The van der Waals surface area contributed by atoms with Gasteiger partial charge >= 0.3 is 0 Å². The molecule has 0 aromatic rings. The molecule has 0 aromatic heterocycles. The second kappa shape index (κ2) is 20.8. The smallest absolute Gasteiger partial charge is 0.217 e. The first kappa shape index (κ1) is 48.5. The van der Waals surface area contributed by atoms with Gasteiger partial charge in [0.1, 0.15) is 122 Å². The highest BCUT2D eigenvalue weighted by Crippen LogP contribution is 2.35. The topological polar surface area (TPSA) is 436 Å². The van der Waals surface area contributed by atoms with E-state index in [1.807, 2.05) is 0 Å². The number of carbonyl (C=O) groups is 1. The van der Waals surface area contributed by atoms with E-state index in [1.165, 1.54) is 0 Å². The van der Waals surface area contributed by atoms with Crippen LogP contribution in [0.4, 0.5) is 0 Å². The summed E-state index contributed by atoms with van der Waals surface area (Å²) in [6.07, 6.45) is -44.7. The summed E-state index contributed by atoms with van der Waals surface area (Å²) in [6.45, 7) is -3.49. The summed E-state index contributed by atoms with van der Waals surface area (Å²) in [7, 11) is 0. The first-order valence-corrected chi connectivity index (χ1v) is 18.6. The average Bonchev–Trinajstić information content (AvgIpc) is 3.21. The lowest BCUT2D eigenvalue weighted by atomic mass is 9.95. The number of hydrogen-bond acceptors (Lipinski definition) is 26. The monoisotopic (exact) mass is 869 g/mol. The first-order valence-electron chi connectivity index (χ1n) is 18.6. The third-order valence-electron chi connectivity index (χ3n) is 10.7. The number of carbonyl (C=O) groups excluding carboxylic acids is 1. The zero-order chi connectivity index (χ0) is 43.6. The Morgan fingerprint density at radius 2 is 0.763 bits per heavy atom. The highest BCUT2D eigenvalue weighted by Gasteiger charge is 2.56. The van der Waals surface area contributed by atoms with E-state index in [-0.39, 0.29) is 0 Å². The van der Waals surface area contributed by atoms with Crippen molar-refractivity contribution in [1.82, 2.24) is 5.32 Å². The van der Waals surface area contributed by atoms with Crippen molar-refractivity contribution < 1.29 is 129 Å². The van der Waals surface area contributed by atoms with Gasteiger partial charge in [-0.05, 0) is 0 Å². The Labute approximate surface area is 333 Å².